The van der Waals surface area contributed by atoms with Crippen LogP contribution in [0.1, 0.15) is 36.5 Å². The van der Waals surface area contributed by atoms with E-state index in [0.717, 1.165) is 12.5 Å². The Morgan fingerprint density at radius 3 is 2.46 bits per heavy atom. The van der Waals surface area contributed by atoms with Crippen molar-refractivity contribution in [2.75, 3.05) is 14.2 Å². The topological polar surface area (TPSA) is 128 Å². The molecule has 0 bridgehead atoms. The van der Waals surface area contributed by atoms with Crippen LogP contribution < -0.4 is 14.8 Å². The number of aliphatic carboxylic acids is 1. The molecular formula is C15H20N2O7. The van der Waals surface area contributed by atoms with Gasteiger partial charge in [-0.2, -0.15) is 0 Å². The third-order valence-corrected chi connectivity index (χ3v) is 3.37. The van der Waals surface area contributed by atoms with Crippen LogP contribution in [-0.4, -0.2) is 42.2 Å². The van der Waals surface area contributed by atoms with Crippen LogP contribution in [0.15, 0.2) is 12.1 Å². The highest BCUT2D eigenvalue weighted by Gasteiger charge is 2.26. The molecule has 0 saturated carbocycles. The van der Waals surface area contributed by atoms with Gasteiger partial charge in [0.05, 0.1) is 24.7 Å². The van der Waals surface area contributed by atoms with E-state index in [1.54, 1.807) is 0 Å². The fraction of sp³-hybridized carbons (Fsp3) is 0.467. The van der Waals surface area contributed by atoms with Crippen molar-refractivity contribution in [3.8, 4) is 11.5 Å². The zero-order valence-corrected chi connectivity index (χ0v) is 13.7. The molecule has 1 unspecified atom stereocenters. The maximum Gasteiger partial charge on any atom is 0.326 e. The van der Waals surface area contributed by atoms with E-state index in [2.05, 4.69) is 5.32 Å². The summed E-state index contributed by atoms with van der Waals surface area (Å²) in [6, 6.07) is 1.22. The number of hydrogen-bond acceptors (Lipinski definition) is 6. The number of unbranched alkanes of at least 4 members (excludes halogenated alkanes) is 1. The molecule has 0 radical (unpaired) electrons. The van der Waals surface area contributed by atoms with Gasteiger partial charge in [0, 0.05) is 6.07 Å². The van der Waals surface area contributed by atoms with E-state index < -0.39 is 28.5 Å². The number of hydrogen-bond donors (Lipinski definition) is 2. The normalized spacial score (nSPS) is 11.5. The van der Waals surface area contributed by atoms with Crippen LogP contribution in [0.4, 0.5) is 5.69 Å². The molecule has 1 rings (SSSR count). The van der Waals surface area contributed by atoms with Crippen LogP contribution in [0, 0.1) is 10.1 Å². The van der Waals surface area contributed by atoms with E-state index >= 15 is 0 Å². The lowest BCUT2D eigenvalue weighted by atomic mass is 10.1. The predicted octanol–water partition coefficient (Wildman–Crippen LogP) is 1.99. The zero-order valence-electron chi connectivity index (χ0n) is 13.7. The maximum absolute atomic E-state index is 12.3. The van der Waals surface area contributed by atoms with E-state index in [9.17, 15) is 19.7 Å². The molecule has 1 atom stereocenters. The monoisotopic (exact) mass is 340 g/mol. The molecule has 1 aromatic rings. The third kappa shape index (κ3) is 4.58. The molecule has 0 heterocycles. The molecule has 9 nitrogen and oxygen atoms in total. The number of carboxylic acid groups (broad SMARTS) is 1. The number of carboxylic acids is 1. The first kappa shape index (κ1) is 19.2. The van der Waals surface area contributed by atoms with Crippen molar-refractivity contribution in [2.24, 2.45) is 0 Å². The van der Waals surface area contributed by atoms with E-state index in [1.165, 1.54) is 20.3 Å². The van der Waals surface area contributed by atoms with Crippen molar-refractivity contribution >= 4 is 17.6 Å². The Labute approximate surface area is 138 Å². The van der Waals surface area contributed by atoms with Crippen molar-refractivity contribution in [3.05, 3.63) is 27.8 Å². The number of benzene rings is 1. The van der Waals surface area contributed by atoms with Crippen molar-refractivity contribution < 1.29 is 29.1 Å². The van der Waals surface area contributed by atoms with Gasteiger partial charge < -0.3 is 19.9 Å². The molecule has 0 fully saturated rings. The second-order valence-electron chi connectivity index (χ2n) is 4.99. The average Bonchev–Trinajstić information content (AvgIpc) is 2.56. The first-order valence-corrected chi connectivity index (χ1v) is 7.29. The van der Waals surface area contributed by atoms with Gasteiger partial charge in [0.15, 0.2) is 5.75 Å². The van der Waals surface area contributed by atoms with Gasteiger partial charge in [0.25, 0.3) is 5.91 Å². The van der Waals surface area contributed by atoms with Crippen LogP contribution in [0.3, 0.4) is 0 Å². The molecule has 2 N–H and O–H groups in total. The van der Waals surface area contributed by atoms with Crippen molar-refractivity contribution in [1.29, 1.82) is 0 Å². The largest absolute Gasteiger partial charge is 0.493 e. The summed E-state index contributed by atoms with van der Waals surface area (Å²) in [7, 11) is 2.53. The number of nitrogens with one attached hydrogen (secondary N) is 1. The fourth-order valence-corrected chi connectivity index (χ4v) is 2.12. The quantitative estimate of drug-likeness (QED) is 0.519. The van der Waals surface area contributed by atoms with Crippen molar-refractivity contribution in [2.45, 2.75) is 32.2 Å². The molecule has 24 heavy (non-hydrogen) atoms. The Balaban J connectivity index is 3.15. The van der Waals surface area contributed by atoms with Crippen molar-refractivity contribution in [3.63, 3.8) is 0 Å². The first-order chi connectivity index (χ1) is 11.3. The summed E-state index contributed by atoms with van der Waals surface area (Å²) in [6.07, 6.45) is 1.68. The van der Waals surface area contributed by atoms with E-state index in [-0.39, 0.29) is 23.5 Å². The molecule has 0 saturated heterocycles. The van der Waals surface area contributed by atoms with Gasteiger partial charge in [-0.3, -0.25) is 14.9 Å². The number of carbonyl (C=O) groups excluding carboxylic acids is 1. The smallest absolute Gasteiger partial charge is 0.326 e. The number of methoxy groups -OCH3 is 2. The van der Waals surface area contributed by atoms with Gasteiger partial charge >= 0.3 is 11.7 Å². The SMILES string of the molecule is CCCCC(NC(=O)c1cc(OC)c(OC)c([N+](=O)[O-])c1)C(=O)O. The van der Waals surface area contributed by atoms with Crippen molar-refractivity contribution in [1.82, 2.24) is 5.32 Å². The summed E-state index contributed by atoms with van der Waals surface area (Å²) in [5, 5.41) is 22.7. The van der Waals surface area contributed by atoms with E-state index in [4.69, 9.17) is 14.6 Å². The van der Waals surface area contributed by atoms with Crippen LogP contribution >= 0.6 is 0 Å². The summed E-state index contributed by atoms with van der Waals surface area (Å²) in [5.74, 6) is -1.99. The molecule has 0 aliphatic carbocycles. The zero-order chi connectivity index (χ0) is 18.3. The van der Waals surface area contributed by atoms with Gasteiger partial charge in [-0.1, -0.05) is 19.8 Å². The van der Waals surface area contributed by atoms with Gasteiger partial charge in [-0.25, -0.2) is 4.79 Å². The number of carbonyl (C=O) groups is 2. The van der Waals surface area contributed by atoms with E-state index in [0.29, 0.717) is 6.42 Å². The molecular weight excluding hydrogens is 320 g/mol. The number of nitro groups is 1. The molecule has 132 valence electrons. The summed E-state index contributed by atoms with van der Waals surface area (Å²) in [4.78, 5) is 33.9. The highest BCUT2D eigenvalue weighted by atomic mass is 16.6. The second-order valence-corrected chi connectivity index (χ2v) is 4.99. The average molecular weight is 340 g/mol. The lowest BCUT2D eigenvalue weighted by Crippen LogP contribution is -2.40. The minimum atomic E-state index is -1.16. The highest BCUT2D eigenvalue weighted by molar-refractivity contribution is 5.98. The lowest BCUT2D eigenvalue weighted by Gasteiger charge is -2.15. The summed E-state index contributed by atoms with van der Waals surface area (Å²) < 4.78 is 9.95. The number of rotatable bonds is 9. The number of amides is 1. The third-order valence-electron chi connectivity index (χ3n) is 3.37. The molecule has 1 amide bonds. The first-order valence-electron chi connectivity index (χ1n) is 7.29. The maximum atomic E-state index is 12.3. The fourth-order valence-electron chi connectivity index (χ4n) is 2.12. The Morgan fingerprint density at radius 2 is 2.00 bits per heavy atom. The van der Waals surface area contributed by atoms with Gasteiger partial charge in [0.1, 0.15) is 6.04 Å². The Kier molecular flexibility index (Phi) is 6.97. The Bertz CT molecular complexity index is 630. The minimum Gasteiger partial charge on any atom is -0.493 e. The Morgan fingerprint density at radius 1 is 1.33 bits per heavy atom. The molecule has 0 aliphatic heterocycles. The van der Waals surface area contributed by atoms with Gasteiger partial charge in [-0.05, 0) is 12.5 Å². The van der Waals surface area contributed by atoms with E-state index in [1.807, 2.05) is 6.92 Å². The molecule has 9 heteroatoms. The minimum absolute atomic E-state index is 0.0114. The molecule has 0 aliphatic rings. The lowest BCUT2D eigenvalue weighted by molar-refractivity contribution is -0.385. The Hall–Kier alpha value is -2.84. The number of nitro benzene ring substituents is 1. The van der Waals surface area contributed by atoms with Crippen LogP contribution in [0.5, 0.6) is 11.5 Å². The molecule has 0 spiro atoms. The number of ether oxygens (including phenoxy) is 2. The van der Waals surface area contributed by atoms with Gasteiger partial charge in [0.2, 0.25) is 5.75 Å². The predicted molar refractivity (Wildman–Crippen MR) is 84.6 cm³/mol. The number of nitrogens with zero attached hydrogens (tertiary/aromatic N) is 1. The van der Waals surface area contributed by atoms with Crippen LogP contribution in [0.2, 0.25) is 0 Å². The summed E-state index contributed by atoms with van der Waals surface area (Å²) >= 11 is 0. The molecule has 0 aromatic heterocycles. The van der Waals surface area contributed by atoms with Gasteiger partial charge in [-0.15, -0.1) is 0 Å². The van der Waals surface area contributed by atoms with Crippen LogP contribution in [0.25, 0.3) is 0 Å². The summed E-state index contributed by atoms with van der Waals surface area (Å²) in [6.45, 7) is 1.90. The van der Waals surface area contributed by atoms with Crippen LogP contribution in [-0.2, 0) is 4.79 Å². The highest BCUT2D eigenvalue weighted by Crippen LogP contribution is 2.37. The summed E-state index contributed by atoms with van der Waals surface area (Å²) in [5.41, 5.74) is -0.524. The molecule has 1 aromatic carbocycles. The second kappa shape index (κ2) is 8.70. The standard InChI is InChI=1S/C15H20N2O7/c1-4-5-6-10(15(19)20)16-14(18)9-7-11(17(21)22)13(24-3)12(8-9)23-2/h7-8,10H,4-6H2,1-3H3,(H,16,18)(H,19,20).